The molecule has 0 unspecified atom stereocenters. The van der Waals surface area contributed by atoms with Crippen LogP contribution in [0.4, 0.5) is 0 Å². The van der Waals surface area contributed by atoms with E-state index >= 15 is 0 Å². The van der Waals surface area contributed by atoms with Crippen LogP contribution in [0.15, 0.2) is 57.1 Å². The van der Waals surface area contributed by atoms with Gasteiger partial charge in [-0.3, -0.25) is 0 Å². The van der Waals surface area contributed by atoms with Gasteiger partial charge in [0, 0.05) is 6.21 Å². The molecule has 1 heterocycles. The molecule has 0 amide bonds. The van der Waals surface area contributed by atoms with Crippen LogP contribution in [0.3, 0.4) is 0 Å². The summed E-state index contributed by atoms with van der Waals surface area (Å²) in [4.78, 5) is 3.43. The van der Waals surface area contributed by atoms with Crippen molar-refractivity contribution in [2.24, 2.45) is 5.10 Å². The molecule has 94 valence electrons. The summed E-state index contributed by atoms with van der Waals surface area (Å²) < 4.78 is 28.5. The molecule has 0 N–H and O–H groups in total. The van der Waals surface area contributed by atoms with E-state index in [1.807, 2.05) is 6.92 Å². The van der Waals surface area contributed by atoms with Gasteiger partial charge in [0.25, 0.3) is 0 Å². The molecule has 5 nitrogen and oxygen atoms in total. The smallest absolute Gasteiger partial charge is 0.143 e. The zero-order valence-electron chi connectivity index (χ0n) is 9.65. The van der Waals surface area contributed by atoms with Crippen molar-refractivity contribution in [3.8, 4) is 0 Å². The summed E-state index contributed by atoms with van der Waals surface area (Å²) in [7, 11) is -3.74. The first-order chi connectivity index (χ1) is 8.58. The molecule has 1 aromatic carbocycles. The van der Waals surface area contributed by atoms with Crippen LogP contribution in [0, 0.1) is 6.92 Å². The number of sulfonamides is 1. The van der Waals surface area contributed by atoms with Crippen molar-refractivity contribution in [3.63, 3.8) is 0 Å². The Morgan fingerprint density at radius 2 is 1.94 bits per heavy atom. The van der Waals surface area contributed by atoms with Crippen LogP contribution < -0.4 is 0 Å². The van der Waals surface area contributed by atoms with Gasteiger partial charge in [-0.15, -0.1) is 0 Å². The Labute approximate surface area is 105 Å². The Kier molecular flexibility index (Phi) is 3.47. The lowest BCUT2D eigenvalue weighted by atomic mass is 10.2. The number of hydrogen-bond acceptors (Lipinski definition) is 4. The lowest BCUT2D eigenvalue weighted by molar-refractivity contribution is 0.560. The summed E-state index contributed by atoms with van der Waals surface area (Å²) in [5.74, 6) is 0.442. The molecule has 0 saturated heterocycles. The highest BCUT2D eigenvalue weighted by atomic mass is 32.2. The van der Waals surface area contributed by atoms with Gasteiger partial charge in [-0.05, 0) is 31.2 Å². The van der Waals surface area contributed by atoms with Crippen LogP contribution in [0.25, 0.3) is 4.83 Å². The van der Waals surface area contributed by atoms with E-state index in [0.29, 0.717) is 5.76 Å². The lowest BCUT2D eigenvalue weighted by Gasteiger charge is -2.15. The Balaban J connectivity index is 2.10. The fourth-order valence-corrected chi connectivity index (χ4v) is 2.01. The monoisotopic (exact) mass is 263 g/mol. The van der Waals surface area contributed by atoms with E-state index in [1.165, 1.54) is 24.6 Å². The maximum atomic E-state index is 11.8. The maximum absolute atomic E-state index is 11.8. The predicted octanol–water partition coefficient (Wildman–Crippen LogP) is 2.68. The summed E-state index contributed by atoms with van der Waals surface area (Å²) in [5, 5.41) is 3.50. The van der Waals surface area contributed by atoms with Crippen molar-refractivity contribution in [1.29, 1.82) is 0 Å². The van der Waals surface area contributed by atoms with E-state index in [1.54, 1.807) is 24.3 Å². The van der Waals surface area contributed by atoms with Gasteiger partial charge in [0.05, 0.1) is 11.2 Å². The molecular weight excluding hydrogens is 252 g/mol. The minimum absolute atomic E-state index is 0.115. The Morgan fingerprint density at radius 3 is 2.56 bits per heavy atom. The number of rotatable bonds is 4. The summed E-state index contributed by atoms with van der Waals surface area (Å²) >= 11 is 0. The molecule has 0 fully saturated rings. The van der Waals surface area contributed by atoms with E-state index < -0.39 is 10.0 Å². The maximum Gasteiger partial charge on any atom is 0.143 e. The zero-order chi connectivity index (χ0) is 13.0. The number of benzene rings is 1. The fraction of sp³-hybridized carbons (Fsp3) is 0.0833. The first kappa shape index (κ1) is 12.4. The molecule has 0 spiro atoms. The van der Waals surface area contributed by atoms with E-state index in [2.05, 4.69) is 9.93 Å². The summed E-state index contributed by atoms with van der Waals surface area (Å²) in [5.41, 5.74) is 0.980. The highest BCUT2D eigenvalue weighted by Crippen LogP contribution is 2.17. The Morgan fingerprint density at radius 1 is 1.22 bits per heavy atom. The highest BCUT2D eigenvalue weighted by molar-refractivity contribution is 7.93. The van der Waals surface area contributed by atoms with Gasteiger partial charge in [-0.1, -0.05) is 17.7 Å². The second-order valence-electron chi connectivity index (χ2n) is 3.63. The molecule has 2 aromatic rings. The first-order valence-electron chi connectivity index (χ1n) is 5.18. The minimum Gasteiger partial charge on any atom is -0.490 e. The van der Waals surface area contributed by atoms with Gasteiger partial charge in [0.1, 0.15) is 15.8 Å². The van der Waals surface area contributed by atoms with Crippen molar-refractivity contribution in [3.05, 3.63) is 58.8 Å². The molecule has 0 saturated carbocycles. The molecule has 6 heteroatoms. The van der Waals surface area contributed by atoms with Crippen molar-refractivity contribution in [2.45, 2.75) is 11.8 Å². The molecule has 0 bridgehead atoms. The predicted molar refractivity (Wildman–Crippen MR) is 68.0 cm³/mol. The second-order valence-corrected chi connectivity index (χ2v) is 5.21. The Hall–Kier alpha value is -2.08. The van der Waals surface area contributed by atoms with Crippen LogP contribution in [-0.2, 0) is 10.0 Å². The molecule has 0 atom stereocenters. The number of nitrogens with zero attached hydrogens (tertiary/aromatic N) is 2. The van der Waals surface area contributed by atoms with Gasteiger partial charge < -0.3 is 14.3 Å². The van der Waals surface area contributed by atoms with Gasteiger partial charge in [-0.25, -0.2) is 8.42 Å². The van der Waals surface area contributed by atoms with Gasteiger partial charge in [0.2, 0.25) is 0 Å². The van der Waals surface area contributed by atoms with E-state index in [9.17, 15) is 8.42 Å². The van der Waals surface area contributed by atoms with Crippen molar-refractivity contribution >= 4 is 16.2 Å². The van der Waals surface area contributed by atoms with Crippen LogP contribution in [-0.4, -0.2) is 14.6 Å². The standard InChI is InChI=1S/C12H11N2O3S/c1-10-4-6-12(7-5-10)18(15,16)14-13-9-11-3-2-8-17-11/h2-9H,1H3/q-1/b13-9+. The quantitative estimate of drug-likeness (QED) is 0.628. The zero-order valence-corrected chi connectivity index (χ0v) is 10.5. The molecule has 0 aliphatic heterocycles. The third-order valence-electron chi connectivity index (χ3n) is 2.20. The summed E-state index contributed by atoms with van der Waals surface area (Å²) in [6.07, 6.45) is 2.71. The number of furan rings is 1. The van der Waals surface area contributed by atoms with Crippen molar-refractivity contribution in [1.82, 2.24) is 0 Å². The lowest BCUT2D eigenvalue weighted by Crippen LogP contribution is -1.97. The van der Waals surface area contributed by atoms with Gasteiger partial charge in [0.15, 0.2) is 0 Å². The van der Waals surface area contributed by atoms with E-state index in [4.69, 9.17) is 4.42 Å². The molecule has 18 heavy (non-hydrogen) atoms. The number of aryl methyl sites for hydroxylation is 1. The normalized spacial score (nSPS) is 11.8. The molecule has 2 rings (SSSR count). The van der Waals surface area contributed by atoms with Crippen LogP contribution >= 0.6 is 0 Å². The minimum atomic E-state index is -3.74. The fourth-order valence-electron chi connectivity index (χ4n) is 1.26. The largest absolute Gasteiger partial charge is 0.490 e. The van der Waals surface area contributed by atoms with Crippen LogP contribution in [0.2, 0.25) is 0 Å². The third-order valence-corrected chi connectivity index (χ3v) is 3.38. The second kappa shape index (κ2) is 5.05. The van der Waals surface area contributed by atoms with Crippen LogP contribution in [0.1, 0.15) is 11.3 Å². The highest BCUT2D eigenvalue weighted by Gasteiger charge is 2.02. The molecule has 0 aliphatic carbocycles. The average Bonchev–Trinajstić information content (AvgIpc) is 2.82. The van der Waals surface area contributed by atoms with Crippen LogP contribution in [0.5, 0.6) is 0 Å². The van der Waals surface area contributed by atoms with Gasteiger partial charge in [-0.2, -0.15) is 0 Å². The first-order valence-corrected chi connectivity index (χ1v) is 6.62. The van der Waals surface area contributed by atoms with Gasteiger partial charge >= 0.3 is 0 Å². The molecule has 1 aromatic heterocycles. The van der Waals surface area contributed by atoms with Crippen molar-refractivity contribution in [2.75, 3.05) is 0 Å². The summed E-state index contributed by atoms with van der Waals surface area (Å²) in [6.45, 7) is 1.88. The molecule has 0 radical (unpaired) electrons. The molecular formula is C12H11N2O3S-. The third kappa shape index (κ3) is 2.98. The Bertz CT molecular complexity index is 628. The van der Waals surface area contributed by atoms with E-state index in [-0.39, 0.29) is 4.90 Å². The summed E-state index contributed by atoms with van der Waals surface area (Å²) in [6, 6.07) is 9.73. The van der Waals surface area contributed by atoms with E-state index in [0.717, 1.165) is 5.56 Å². The molecule has 0 aliphatic rings. The SMILES string of the molecule is Cc1ccc(S(=O)(=O)[N-]/N=C/c2ccco2)cc1. The number of hydrogen-bond donors (Lipinski definition) is 0. The average molecular weight is 263 g/mol. The topological polar surface area (TPSA) is 73.7 Å². The van der Waals surface area contributed by atoms with Crippen molar-refractivity contribution < 1.29 is 12.8 Å².